The first-order chi connectivity index (χ1) is 10.5. The number of Topliss-reactive ketones (excluding diaryl/α,β-unsaturated/α-hetero) is 1. The van der Waals surface area contributed by atoms with E-state index in [1.165, 1.54) is 6.92 Å². The molecule has 0 radical (unpaired) electrons. The van der Waals surface area contributed by atoms with Crippen LogP contribution in [-0.2, 0) is 9.59 Å². The van der Waals surface area contributed by atoms with Crippen LogP contribution < -0.4 is 5.73 Å². The molecule has 1 heterocycles. The average Bonchev–Trinajstić information content (AvgIpc) is 3.00. The second-order valence-electron chi connectivity index (χ2n) is 6.13. The van der Waals surface area contributed by atoms with Crippen molar-refractivity contribution in [3.63, 3.8) is 0 Å². The summed E-state index contributed by atoms with van der Waals surface area (Å²) in [6.45, 7) is 3.11. The highest BCUT2D eigenvalue weighted by Crippen LogP contribution is 2.25. The number of aliphatic imine (C=N–C) groups is 1. The van der Waals surface area contributed by atoms with Crippen LogP contribution in [0.2, 0.25) is 0 Å². The number of hydrogen-bond acceptors (Lipinski definition) is 5. The molecule has 1 aliphatic heterocycles. The molecule has 0 aromatic rings. The highest BCUT2D eigenvalue weighted by atomic mass is 16.3. The fraction of sp³-hybridized carbons (Fsp3) is 0.688. The number of ketones is 1. The van der Waals surface area contributed by atoms with E-state index in [0.717, 1.165) is 43.4 Å². The number of rotatable bonds is 4. The van der Waals surface area contributed by atoms with Gasteiger partial charge in [0.2, 0.25) is 0 Å². The fourth-order valence-corrected chi connectivity index (χ4v) is 3.02. The van der Waals surface area contributed by atoms with Crippen LogP contribution in [0.1, 0.15) is 39.0 Å². The molecular weight excluding hydrogens is 282 g/mol. The lowest BCUT2D eigenvalue weighted by molar-refractivity contribution is -0.128. The summed E-state index contributed by atoms with van der Waals surface area (Å²) >= 11 is 0. The third-order valence-corrected chi connectivity index (χ3v) is 4.40. The first-order valence-corrected chi connectivity index (χ1v) is 7.94. The van der Waals surface area contributed by atoms with Crippen LogP contribution in [0.5, 0.6) is 0 Å². The second-order valence-corrected chi connectivity index (χ2v) is 6.13. The van der Waals surface area contributed by atoms with Crippen molar-refractivity contribution in [2.75, 3.05) is 26.2 Å². The van der Waals surface area contributed by atoms with Crippen molar-refractivity contribution in [1.29, 1.82) is 0 Å². The summed E-state index contributed by atoms with van der Waals surface area (Å²) in [7, 11) is 0. The molecule has 1 saturated carbocycles. The number of aliphatic hydroxyl groups excluding tert-OH is 1. The van der Waals surface area contributed by atoms with Gasteiger partial charge in [0.25, 0.3) is 5.91 Å². The number of carbonyl (C=O) groups is 2. The lowest BCUT2D eigenvalue weighted by atomic mass is 9.97. The SMILES string of the molecule is CC(=O)CN=C1CCC/C1=C(/N)C(=O)N1CCC(CO)CC1. The van der Waals surface area contributed by atoms with E-state index in [-0.39, 0.29) is 36.5 Å². The normalized spacial score (nSPS) is 23.9. The number of hydrogen-bond donors (Lipinski definition) is 2. The molecule has 122 valence electrons. The highest BCUT2D eigenvalue weighted by Gasteiger charge is 2.27. The Hall–Kier alpha value is -1.69. The molecule has 6 heteroatoms. The molecule has 1 amide bonds. The molecule has 6 nitrogen and oxygen atoms in total. The largest absolute Gasteiger partial charge is 0.396 e. The van der Waals surface area contributed by atoms with Crippen molar-refractivity contribution in [2.45, 2.75) is 39.0 Å². The monoisotopic (exact) mass is 307 g/mol. The molecule has 3 N–H and O–H groups in total. The summed E-state index contributed by atoms with van der Waals surface area (Å²) in [6, 6.07) is 0. The Balaban J connectivity index is 2.08. The number of nitrogens with two attached hydrogens (primary N) is 1. The highest BCUT2D eigenvalue weighted by molar-refractivity contribution is 6.09. The molecule has 0 spiro atoms. The maximum absolute atomic E-state index is 12.5. The predicted molar refractivity (Wildman–Crippen MR) is 84.4 cm³/mol. The zero-order chi connectivity index (χ0) is 16.1. The summed E-state index contributed by atoms with van der Waals surface area (Å²) < 4.78 is 0. The van der Waals surface area contributed by atoms with Crippen LogP contribution >= 0.6 is 0 Å². The van der Waals surface area contributed by atoms with Crippen molar-refractivity contribution < 1.29 is 14.7 Å². The van der Waals surface area contributed by atoms with Gasteiger partial charge in [-0.1, -0.05) is 0 Å². The van der Waals surface area contributed by atoms with Gasteiger partial charge in [0, 0.05) is 31.0 Å². The molecule has 2 aliphatic rings. The molecule has 0 aromatic heterocycles. The summed E-state index contributed by atoms with van der Waals surface area (Å²) in [5.74, 6) is 0.163. The molecule has 0 bridgehead atoms. The van der Waals surface area contributed by atoms with Gasteiger partial charge in [-0.05, 0) is 44.9 Å². The Morgan fingerprint density at radius 1 is 1.32 bits per heavy atom. The number of piperidine rings is 1. The van der Waals surface area contributed by atoms with Crippen LogP contribution in [0.15, 0.2) is 16.3 Å². The van der Waals surface area contributed by atoms with Gasteiger partial charge < -0.3 is 15.7 Å². The fourth-order valence-electron chi connectivity index (χ4n) is 3.02. The second kappa shape index (κ2) is 7.54. The molecule has 0 atom stereocenters. The van der Waals surface area contributed by atoms with Crippen molar-refractivity contribution in [1.82, 2.24) is 4.90 Å². The topological polar surface area (TPSA) is 96.0 Å². The summed E-state index contributed by atoms with van der Waals surface area (Å²) in [4.78, 5) is 29.7. The molecule has 0 unspecified atom stereocenters. The minimum absolute atomic E-state index is 0.00900. The van der Waals surface area contributed by atoms with Gasteiger partial charge in [-0.25, -0.2) is 0 Å². The van der Waals surface area contributed by atoms with E-state index < -0.39 is 0 Å². The molecule has 2 rings (SSSR count). The van der Waals surface area contributed by atoms with Crippen LogP contribution in [-0.4, -0.2) is 53.6 Å². The Bertz CT molecular complexity index is 503. The Morgan fingerprint density at radius 2 is 2.00 bits per heavy atom. The molecule has 0 aromatic carbocycles. The number of allylic oxidation sites excluding steroid dienone is 1. The third-order valence-electron chi connectivity index (χ3n) is 4.40. The van der Waals surface area contributed by atoms with Gasteiger partial charge in [0.05, 0.1) is 6.54 Å². The summed E-state index contributed by atoms with van der Waals surface area (Å²) in [6.07, 6.45) is 4.09. The Morgan fingerprint density at radius 3 is 2.59 bits per heavy atom. The Labute approximate surface area is 131 Å². The first-order valence-electron chi connectivity index (χ1n) is 7.94. The lowest BCUT2D eigenvalue weighted by Crippen LogP contribution is -2.41. The minimum atomic E-state index is -0.135. The van der Waals surface area contributed by atoms with E-state index in [9.17, 15) is 9.59 Å². The average molecular weight is 307 g/mol. The van der Waals surface area contributed by atoms with Crippen molar-refractivity contribution in [3.05, 3.63) is 11.3 Å². The summed E-state index contributed by atoms with van der Waals surface area (Å²) in [5, 5.41) is 9.16. The molecule has 22 heavy (non-hydrogen) atoms. The van der Waals surface area contributed by atoms with E-state index in [1.54, 1.807) is 4.90 Å². The number of amides is 1. The minimum Gasteiger partial charge on any atom is -0.396 e. The van der Waals surface area contributed by atoms with Crippen molar-refractivity contribution >= 4 is 17.4 Å². The van der Waals surface area contributed by atoms with E-state index in [1.807, 2.05) is 0 Å². The maximum atomic E-state index is 12.5. The maximum Gasteiger partial charge on any atom is 0.270 e. The lowest BCUT2D eigenvalue weighted by Gasteiger charge is -2.31. The molecular formula is C16H25N3O3. The van der Waals surface area contributed by atoms with Gasteiger partial charge >= 0.3 is 0 Å². The summed E-state index contributed by atoms with van der Waals surface area (Å²) in [5.41, 5.74) is 8.00. The zero-order valence-electron chi connectivity index (χ0n) is 13.2. The zero-order valence-corrected chi connectivity index (χ0v) is 13.2. The van der Waals surface area contributed by atoms with Gasteiger partial charge in [-0.3, -0.25) is 14.6 Å². The number of nitrogens with zero attached hydrogens (tertiary/aromatic N) is 2. The van der Waals surface area contributed by atoms with Gasteiger partial charge in [-0.15, -0.1) is 0 Å². The van der Waals surface area contributed by atoms with E-state index >= 15 is 0 Å². The third kappa shape index (κ3) is 3.94. The number of likely N-dealkylation sites (tertiary alicyclic amines) is 1. The Kier molecular flexibility index (Phi) is 5.71. The first kappa shape index (κ1) is 16.7. The molecule has 1 aliphatic carbocycles. The smallest absolute Gasteiger partial charge is 0.270 e. The van der Waals surface area contributed by atoms with Gasteiger partial charge in [0.15, 0.2) is 5.78 Å². The van der Waals surface area contributed by atoms with Crippen molar-refractivity contribution in [2.24, 2.45) is 16.6 Å². The quantitative estimate of drug-likeness (QED) is 0.745. The van der Waals surface area contributed by atoms with Crippen LogP contribution in [0.25, 0.3) is 0 Å². The van der Waals surface area contributed by atoms with E-state index in [4.69, 9.17) is 10.8 Å². The van der Waals surface area contributed by atoms with Crippen molar-refractivity contribution in [3.8, 4) is 0 Å². The number of aliphatic hydroxyl groups is 1. The van der Waals surface area contributed by atoms with Crippen LogP contribution in [0.3, 0.4) is 0 Å². The standard InChI is InChI=1S/C16H25N3O3/c1-11(21)9-18-14-4-2-3-13(14)15(17)16(22)19-7-5-12(10-20)6-8-19/h12,20H,2-10,17H2,1H3/b15-13-,18-14?. The van der Waals surface area contributed by atoms with Crippen LogP contribution in [0, 0.1) is 5.92 Å². The van der Waals surface area contributed by atoms with E-state index in [2.05, 4.69) is 4.99 Å². The molecule has 2 fully saturated rings. The van der Waals surface area contributed by atoms with Gasteiger partial charge in [0.1, 0.15) is 5.70 Å². The van der Waals surface area contributed by atoms with E-state index in [0.29, 0.717) is 13.1 Å². The van der Waals surface area contributed by atoms with Gasteiger partial charge in [-0.2, -0.15) is 0 Å². The van der Waals surface area contributed by atoms with Crippen LogP contribution in [0.4, 0.5) is 0 Å². The number of carbonyl (C=O) groups excluding carboxylic acids is 2. The molecule has 1 saturated heterocycles. The predicted octanol–water partition coefficient (Wildman–Crippen LogP) is 0.644.